The lowest BCUT2D eigenvalue weighted by atomic mass is 10.2. The average Bonchev–Trinajstić information content (AvgIpc) is 2.84. The Morgan fingerprint density at radius 2 is 1.76 bits per heavy atom. The van der Waals surface area contributed by atoms with Gasteiger partial charge in [-0.15, -0.1) is 0 Å². The second kappa shape index (κ2) is 11.3. The second-order valence-corrected chi connectivity index (χ2v) is 7.22. The van der Waals surface area contributed by atoms with Crippen molar-refractivity contribution in [3.63, 3.8) is 0 Å². The molecule has 33 heavy (non-hydrogen) atoms. The summed E-state index contributed by atoms with van der Waals surface area (Å²) in [4.78, 5) is 26.9. The maximum atomic E-state index is 12.5. The smallest absolute Gasteiger partial charge is 0.328 e. The van der Waals surface area contributed by atoms with Crippen LogP contribution in [-0.4, -0.2) is 53.1 Å². The van der Waals surface area contributed by atoms with E-state index >= 15 is 0 Å². The van der Waals surface area contributed by atoms with Crippen molar-refractivity contribution in [3.8, 4) is 23.5 Å². The summed E-state index contributed by atoms with van der Waals surface area (Å²) in [6.07, 6.45) is 1.56. The van der Waals surface area contributed by atoms with Crippen LogP contribution in [0.25, 0.3) is 0 Å². The van der Waals surface area contributed by atoms with Crippen molar-refractivity contribution in [2.75, 3.05) is 32.6 Å². The maximum Gasteiger partial charge on any atom is 0.328 e. The number of carbonyl (C=O) groups excluding carboxylic acids is 1. The van der Waals surface area contributed by atoms with Gasteiger partial charge in [-0.1, -0.05) is 17.7 Å². The third-order valence-electron chi connectivity index (χ3n) is 4.86. The number of benzene rings is 1. The number of pyridine rings is 1. The van der Waals surface area contributed by atoms with Gasteiger partial charge in [0.15, 0.2) is 0 Å². The molecule has 174 valence electrons. The summed E-state index contributed by atoms with van der Waals surface area (Å²) in [5, 5.41) is 3.71. The summed E-state index contributed by atoms with van der Waals surface area (Å²) >= 11 is 6.43. The van der Waals surface area contributed by atoms with Gasteiger partial charge in [-0.25, -0.2) is 4.98 Å². The van der Waals surface area contributed by atoms with E-state index < -0.39 is 0 Å². The van der Waals surface area contributed by atoms with Gasteiger partial charge in [0.05, 0.1) is 25.8 Å². The van der Waals surface area contributed by atoms with Gasteiger partial charge in [-0.3, -0.25) is 4.79 Å². The van der Waals surface area contributed by atoms with Crippen LogP contribution in [0.2, 0.25) is 5.02 Å². The summed E-state index contributed by atoms with van der Waals surface area (Å²) in [6, 6.07) is 10.4. The molecule has 0 aliphatic rings. The molecule has 10 heteroatoms. The van der Waals surface area contributed by atoms with Gasteiger partial charge in [0.1, 0.15) is 11.6 Å². The lowest BCUT2D eigenvalue weighted by Gasteiger charge is -2.18. The molecule has 3 aromatic rings. The van der Waals surface area contributed by atoms with E-state index in [2.05, 4.69) is 20.3 Å². The third kappa shape index (κ3) is 6.01. The topological polar surface area (TPSA) is 98.7 Å². The van der Waals surface area contributed by atoms with Crippen molar-refractivity contribution in [2.45, 2.75) is 20.4 Å². The van der Waals surface area contributed by atoms with Gasteiger partial charge in [0, 0.05) is 36.4 Å². The Balaban J connectivity index is 1.76. The van der Waals surface area contributed by atoms with Crippen LogP contribution in [0.4, 0.5) is 5.82 Å². The number of hydrogen-bond donors (Lipinski definition) is 1. The molecule has 1 amide bonds. The van der Waals surface area contributed by atoms with Crippen LogP contribution in [0.1, 0.15) is 29.8 Å². The molecular formula is C23H26ClN5O4. The molecule has 0 saturated heterocycles. The van der Waals surface area contributed by atoms with Gasteiger partial charge in [-0.2, -0.15) is 9.97 Å². The van der Waals surface area contributed by atoms with Crippen molar-refractivity contribution >= 4 is 23.3 Å². The van der Waals surface area contributed by atoms with E-state index in [0.717, 1.165) is 0 Å². The minimum absolute atomic E-state index is 0.0467. The molecule has 0 fully saturated rings. The fourth-order valence-corrected chi connectivity index (χ4v) is 3.27. The molecule has 9 nitrogen and oxygen atoms in total. The van der Waals surface area contributed by atoms with Gasteiger partial charge in [0.2, 0.25) is 11.8 Å². The van der Waals surface area contributed by atoms with E-state index in [4.69, 9.17) is 25.8 Å². The minimum Gasteiger partial charge on any atom is -0.481 e. The van der Waals surface area contributed by atoms with Gasteiger partial charge < -0.3 is 24.4 Å². The molecule has 1 N–H and O–H groups in total. The van der Waals surface area contributed by atoms with E-state index in [1.807, 2.05) is 13.8 Å². The largest absolute Gasteiger partial charge is 0.481 e. The van der Waals surface area contributed by atoms with E-state index in [-0.39, 0.29) is 11.9 Å². The summed E-state index contributed by atoms with van der Waals surface area (Å²) in [5.41, 5.74) is 1.23. The Labute approximate surface area is 197 Å². The molecule has 0 saturated carbocycles. The number of hydrogen-bond acceptors (Lipinski definition) is 8. The zero-order valence-electron chi connectivity index (χ0n) is 19.0. The Morgan fingerprint density at radius 1 is 1.06 bits per heavy atom. The Bertz CT molecular complexity index is 1070. The maximum absolute atomic E-state index is 12.5. The first-order chi connectivity index (χ1) is 16.0. The van der Waals surface area contributed by atoms with Crippen LogP contribution in [0.5, 0.6) is 23.5 Å². The first-order valence-electron chi connectivity index (χ1n) is 10.4. The molecular weight excluding hydrogens is 446 g/mol. The van der Waals surface area contributed by atoms with Crippen LogP contribution >= 0.6 is 11.6 Å². The molecule has 0 radical (unpaired) electrons. The number of nitrogens with one attached hydrogen (secondary N) is 1. The summed E-state index contributed by atoms with van der Waals surface area (Å²) in [6.45, 7) is 5.51. The Hall–Kier alpha value is -3.59. The lowest BCUT2D eigenvalue weighted by molar-refractivity contribution is 0.0772. The van der Waals surface area contributed by atoms with Gasteiger partial charge in [-0.05, 0) is 38.1 Å². The van der Waals surface area contributed by atoms with Gasteiger partial charge >= 0.3 is 6.01 Å². The fraction of sp³-hybridized carbons (Fsp3) is 0.304. The number of halogens is 1. The Kier molecular flexibility index (Phi) is 8.26. The summed E-state index contributed by atoms with van der Waals surface area (Å²) in [7, 11) is 2.99. The van der Waals surface area contributed by atoms with E-state index in [0.29, 0.717) is 59.1 Å². The molecule has 0 aliphatic carbocycles. The fourth-order valence-electron chi connectivity index (χ4n) is 3.04. The molecule has 0 spiro atoms. The second-order valence-electron chi connectivity index (χ2n) is 6.82. The number of carbonyl (C=O) groups is 1. The standard InChI is InChI=1S/C23H26ClN5O4/c1-5-29(6-2)22(30)15-10-11-19(25-13-15)26-14-16-17(24)8-7-9-18(16)33-23-27-20(31-3)12-21(28-23)32-4/h7-13H,5-6,14H2,1-4H3,(H,25,26). The average molecular weight is 472 g/mol. The highest BCUT2D eigenvalue weighted by atomic mass is 35.5. The molecule has 0 atom stereocenters. The number of methoxy groups -OCH3 is 2. The van der Waals surface area contributed by atoms with Crippen molar-refractivity contribution in [3.05, 3.63) is 58.7 Å². The number of aromatic nitrogens is 3. The highest BCUT2D eigenvalue weighted by Crippen LogP contribution is 2.31. The zero-order chi connectivity index (χ0) is 23.8. The van der Waals surface area contributed by atoms with Crippen molar-refractivity contribution in [1.29, 1.82) is 0 Å². The molecule has 3 rings (SSSR count). The van der Waals surface area contributed by atoms with Crippen LogP contribution in [0.3, 0.4) is 0 Å². The van der Waals surface area contributed by atoms with Crippen LogP contribution in [-0.2, 0) is 6.54 Å². The van der Waals surface area contributed by atoms with Crippen LogP contribution in [0.15, 0.2) is 42.6 Å². The number of ether oxygens (including phenoxy) is 3. The summed E-state index contributed by atoms with van der Waals surface area (Å²) < 4.78 is 16.2. The number of nitrogens with zero attached hydrogens (tertiary/aromatic N) is 4. The lowest BCUT2D eigenvalue weighted by Crippen LogP contribution is -2.30. The molecule has 1 aromatic carbocycles. The first-order valence-corrected chi connectivity index (χ1v) is 10.8. The van der Waals surface area contributed by atoms with E-state index in [1.54, 1.807) is 47.5 Å². The molecule has 0 unspecified atom stereocenters. The number of rotatable bonds is 10. The molecule has 2 aromatic heterocycles. The third-order valence-corrected chi connectivity index (χ3v) is 5.22. The van der Waals surface area contributed by atoms with Gasteiger partial charge in [0.25, 0.3) is 5.91 Å². The highest BCUT2D eigenvalue weighted by molar-refractivity contribution is 6.31. The predicted octanol–water partition coefficient (Wildman–Crippen LogP) is 4.43. The predicted molar refractivity (Wildman–Crippen MR) is 125 cm³/mol. The number of amides is 1. The molecule has 0 bridgehead atoms. The Morgan fingerprint density at radius 3 is 2.33 bits per heavy atom. The SMILES string of the molecule is CCN(CC)C(=O)c1ccc(NCc2c(Cl)cccc2Oc2nc(OC)cc(OC)n2)nc1. The monoisotopic (exact) mass is 471 g/mol. The van der Waals surface area contributed by atoms with Crippen molar-refractivity contribution in [2.24, 2.45) is 0 Å². The normalized spacial score (nSPS) is 10.5. The highest BCUT2D eigenvalue weighted by Gasteiger charge is 2.15. The first kappa shape index (κ1) is 24.1. The molecule has 2 heterocycles. The quantitative estimate of drug-likeness (QED) is 0.463. The van der Waals surface area contributed by atoms with E-state index in [1.165, 1.54) is 14.2 Å². The van der Waals surface area contributed by atoms with E-state index in [9.17, 15) is 4.79 Å². The number of anilines is 1. The zero-order valence-corrected chi connectivity index (χ0v) is 19.7. The minimum atomic E-state index is -0.0467. The van der Waals surface area contributed by atoms with Crippen LogP contribution < -0.4 is 19.5 Å². The molecule has 0 aliphatic heterocycles. The van der Waals surface area contributed by atoms with Crippen molar-refractivity contribution < 1.29 is 19.0 Å². The van der Waals surface area contributed by atoms with Crippen molar-refractivity contribution in [1.82, 2.24) is 19.9 Å². The van der Waals surface area contributed by atoms with Crippen LogP contribution in [0, 0.1) is 0 Å². The summed E-state index contributed by atoms with van der Waals surface area (Å²) in [5.74, 6) is 1.63.